The van der Waals surface area contributed by atoms with E-state index >= 15 is 0 Å². The van der Waals surface area contributed by atoms with Gasteiger partial charge in [0.15, 0.2) is 0 Å². The Morgan fingerprint density at radius 1 is 0.542 bits per heavy atom. The fourth-order valence-corrected chi connectivity index (χ4v) is 6.20. The molecule has 7 aromatic carbocycles. The average molecular weight is 760 g/mol. The zero-order chi connectivity index (χ0) is 30.6. The molecule has 0 amide bonds. The van der Waals surface area contributed by atoms with Crippen molar-refractivity contribution >= 4 is 65.9 Å². The van der Waals surface area contributed by atoms with Crippen molar-refractivity contribution in [3.63, 3.8) is 0 Å². The molecule has 2 radical (unpaired) electrons. The fraction of sp³-hybridized carbons (Fsp3) is 0.119. The van der Waals surface area contributed by atoms with Gasteiger partial charge in [0.2, 0.25) is 0 Å². The Hall–Kier alpha value is -2.66. The van der Waals surface area contributed by atoms with Crippen LogP contribution in [0.2, 0.25) is 0 Å². The van der Waals surface area contributed by atoms with Crippen molar-refractivity contribution in [2.75, 3.05) is 20.0 Å². The van der Waals surface area contributed by atoms with Gasteiger partial charge in [0.05, 0.1) is 0 Å². The second-order valence-electron chi connectivity index (χ2n) is 12.1. The van der Waals surface area contributed by atoms with Gasteiger partial charge in [0.1, 0.15) is 14.6 Å². The van der Waals surface area contributed by atoms with Crippen LogP contribution in [0, 0.1) is 27.3 Å². The Morgan fingerprint density at radius 2 is 0.896 bits per heavy atom. The SMILES string of the molecule is C[PH+](C)C.Cc1[cH-]c2ccc3c(-c4ccccc4)c2c1[B]3.Cc1[cH-]c2ccc3c(-c4ccccc4)c2c1[B]3.[CH3-].[Cl-].[Cl-].[Zr+2].[c-]1ccccc1. The smallest absolute Gasteiger partial charge is 1.00 e. The molecule has 48 heavy (non-hydrogen) atoms. The molecule has 0 saturated carbocycles. The van der Waals surface area contributed by atoms with E-state index in [9.17, 15) is 0 Å². The van der Waals surface area contributed by atoms with Crippen LogP contribution in [-0.4, -0.2) is 34.6 Å². The summed E-state index contributed by atoms with van der Waals surface area (Å²) in [6, 6.07) is 47.4. The summed E-state index contributed by atoms with van der Waals surface area (Å²) in [6.45, 7) is 11.2. The number of hydrogen-bond acceptors (Lipinski definition) is 0. The first kappa shape index (κ1) is 41.5. The Kier molecular flexibility index (Phi) is 16.4. The first-order chi connectivity index (χ1) is 21.4. The average Bonchev–Trinajstić information content (AvgIpc) is 3.72. The molecular formula is C42H40B2Cl2PZr-3. The molecule has 0 spiro atoms. The van der Waals surface area contributed by atoms with Gasteiger partial charge in [-0.15, -0.1) is 80.0 Å². The maximum Gasteiger partial charge on any atom is 2.00 e. The molecule has 0 unspecified atom stereocenters. The van der Waals surface area contributed by atoms with E-state index in [1.54, 1.807) is 0 Å². The molecule has 2 aliphatic heterocycles. The van der Waals surface area contributed by atoms with E-state index in [2.05, 4.69) is 152 Å². The number of benzene rings is 5. The largest absolute Gasteiger partial charge is 2.00 e. The van der Waals surface area contributed by atoms with Gasteiger partial charge in [-0.05, 0) is 19.0 Å². The van der Waals surface area contributed by atoms with E-state index < -0.39 is 0 Å². The minimum atomic E-state index is 0. The van der Waals surface area contributed by atoms with Crippen molar-refractivity contribution in [1.82, 2.24) is 0 Å². The van der Waals surface area contributed by atoms with Gasteiger partial charge >= 0.3 is 26.2 Å². The molecule has 6 heteroatoms. The van der Waals surface area contributed by atoms with Gasteiger partial charge in [0, 0.05) is 20.0 Å². The summed E-state index contributed by atoms with van der Waals surface area (Å²) in [6.07, 6.45) is 0. The van der Waals surface area contributed by atoms with E-state index in [1.165, 1.54) is 76.8 Å². The molecule has 240 valence electrons. The number of rotatable bonds is 2. The van der Waals surface area contributed by atoms with Crippen LogP contribution < -0.4 is 46.7 Å². The molecule has 0 saturated heterocycles. The molecule has 0 aliphatic carbocycles. The summed E-state index contributed by atoms with van der Waals surface area (Å²) in [5.74, 6) is 0. The van der Waals surface area contributed by atoms with Crippen molar-refractivity contribution in [2.24, 2.45) is 0 Å². The molecule has 0 atom stereocenters. The third-order valence-electron chi connectivity index (χ3n) is 8.00. The zero-order valence-corrected chi connectivity index (χ0v) is 33.5. The summed E-state index contributed by atoms with van der Waals surface area (Å²) < 4.78 is 0. The minimum absolute atomic E-state index is 0. The Morgan fingerprint density at radius 3 is 1.21 bits per heavy atom. The minimum Gasteiger partial charge on any atom is -1.00 e. The van der Waals surface area contributed by atoms with E-state index in [0.717, 1.165) is 0 Å². The third-order valence-corrected chi connectivity index (χ3v) is 8.00. The summed E-state index contributed by atoms with van der Waals surface area (Å²) in [4.78, 5) is 0. The maximum absolute atomic E-state index is 2.89. The number of aryl methyl sites for hydroxylation is 2. The van der Waals surface area contributed by atoms with Crippen molar-refractivity contribution in [1.29, 1.82) is 0 Å². The standard InChI is InChI=1S/2C16H11B.C6H5.C3H9P.CH3.2ClH.Zr/c2*1-10-9-12-7-8-13-14(15(12)16(10)17-13)11-5-3-2-4-6-11;1-2-4-6-5-3-1;1-4(2)3;;;;/h2*2-9H,1H3;1-5H;1-3H3;1H3;2*1H;/q3*-1;;-1;;;+2/p-1. The van der Waals surface area contributed by atoms with Gasteiger partial charge in [-0.2, -0.15) is 47.3 Å². The molecule has 2 aliphatic rings. The zero-order valence-electron chi connectivity index (χ0n) is 28.5. The second-order valence-corrected chi connectivity index (χ2v) is 15.1. The van der Waals surface area contributed by atoms with Crippen molar-refractivity contribution in [2.45, 2.75) is 13.8 Å². The van der Waals surface area contributed by atoms with E-state index in [-0.39, 0.29) is 66.4 Å². The molecule has 0 nitrogen and oxygen atoms in total. The number of halogens is 2. The van der Waals surface area contributed by atoms with Crippen LogP contribution in [0.15, 0.2) is 127 Å². The molecule has 4 bridgehead atoms. The Labute approximate surface area is 322 Å². The molecule has 9 rings (SSSR count). The molecular weight excluding hydrogens is 719 g/mol. The van der Waals surface area contributed by atoms with Crippen LogP contribution in [0.4, 0.5) is 0 Å². The summed E-state index contributed by atoms with van der Waals surface area (Å²) in [5.41, 5.74) is 13.8. The second kappa shape index (κ2) is 18.9. The van der Waals surface area contributed by atoms with E-state index in [4.69, 9.17) is 0 Å². The predicted octanol–water partition coefficient (Wildman–Crippen LogP) is 2.04. The normalized spacial score (nSPS) is 10.5. The summed E-state index contributed by atoms with van der Waals surface area (Å²) >= 11 is 0. The van der Waals surface area contributed by atoms with Crippen LogP contribution in [0.5, 0.6) is 0 Å². The number of fused-ring (bicyclic) bond motifs is 2. The van der Waals surface area contributed by atoms with Gasteiger partial charge < -0.3 is 32.2 Å². The monoisotopic (exact) mass is 757 g/mol. The van der Waals surface area contributed by atoms with Gasteiger partial charge in [-0.1, -0.05) is 85.6 Å². The maximum atomic E-state index is 2.89. The van der Waals surface area contributed by atoms with Crippen molar-refractivity contribution in [3.05, 3.63) is 152 Å². The third kappa shape index (κ3) is 8.92. The first-order valence-corrected chi connectivity index (χ1v) is 18.4. The summed E-state index contributed by atoms with van der Waals surface area (Å²) in [7, 11) is 4.76. The van der Waals surface area contributed by atoms with Crippen LogP contribution in [0.25, 0.3) is 43.8 Å². The van der Waals surface area contributed by atoms with Crippen LogP contribution >= 0.6 is 7.92 Å². The fourth-order valence-electron chi connectivity index (χ4n) is 6.20. The van der Waals surface area contributed by atoms with Crippen molar-refractivity contribution in [3.8, 4) is 22.3 Å². The molecule has 0 fully saturated rings. The van der Waals surface area contributed by atoms with E-state index in [1.807, 2.05) is 30.3 Å². The molecule has 2 heterocycles. The van der Waals surface area contributed by atoms with Gasteiger partial charge in [0.25, 0.3) is 0 Å². The molecule has 0 aromatic heterocycles. The topological polar surface area (TPSA) is 0 Å². The Bertz CT molecular complexity index is 1860. The predicted molar refractivity (Wildman–Crippen MR) is 207 cm³/mol. The quantitative estimate of drug-likeness (QED) is 0.144. The van der Waals surface area contributed by atoms with Crippen LogP contribution in [0.3, 0.4) is 0 Å². The Balaban J connectivity index is 0.000000245. The van der Waals surface area contributed by atoms with Crippen LogP contribution in [-0.2, 0) is 26.2 Å². The van der Waals surface area contributed by atoms with E-state index in [0.29, 0.717) is 0 Å². The number of hydrogen-bond donors (Lipinski definition) is 0. The van der Waals surface area contributed by atoms with Crippen molar-refractivity contribution < 1.29 is 51.0 Å². The molecule has 0 N–H and O–H groups in total. The van der Waals surface area contributed by atoms with Gasteiger partial charge in [-0.25, -0.2) is 0 Å². The first-order valence-electron chi connectivity index (χ1n) is 15.4. The van der Waals surface area contributed by atoms with Crippen LogP contribution in [0.1, 0.15) is 11.1 Å². The summed E-state index contributed by atoms with van der Waals surface area (Å²) in [5, 5.41) is 5.61. The van der Waals surface area contributed by atoms with Gasteiger partial charge in [-0.3, -0.25) is 0 Å². The molecule has 7 aromatic rings.